The first-order valence-electron chi connectivity index (χ1n) is 6.04. The van der Waals surface area contributed by atoms with Crippen molar-refractivity contribution in [1.82, 2.24) is 4.90 Å². The number of ether oxygens (including phenoxy) is 1. The van der Waals surface area contributed by atoms with Crippen LogP contribution in [0, 0.1) is 0 Å². The lowest BCUT2D eigenvalue weighted by Crippen LogP contribution is -2.28. The molecular formula is C15H18ClNO2. The molecule has 0 aliphatic carbocycles. The van der Waals surface area contributed by atoms with Crippen LogP contribution in [0.5, 0.6) is 5.75 Å². The molecule has 0 aromatic heterocycles. The minimum Gasteiger partial charge on any atom is -0.492 e. The van der Waals surface area contributed by atoms with Crippen LogP contribution in [0.1, 0.15) is 10.4 Å². The van der Waals surface area contributed by atoms with Crippen molar-refractivity contribution >= 4 is 16.8 Å². The predicted octanol–water partition coefficient (Wildman–Crippen LogP) is 3.12. The van der Waals surface area contributed by atoms with Crippen LogP contribution in [-0.2, 0) is 0 Å². The third kappa shape index (κ3) is 5.73. The van der Waals surface area contributed by atoms with Crippen molar-refractivity contribution in [2.75, 3.05) is 26.2 Å². The van der Waals surface area contributed by atoms with Gasteiger partial charge in [-0.25, -0.2) is 0 Å². The van der Waals surface area contributed by atoms with Gasteiger partial charge < -0.3 is 4.74 Å². The zero-order valence-electron chi connectivity index (χ0n) is 10.8. The van der Waals surface area contributed by atoms with E-state index in [9.17, 15) is 4.79 Å². The number of hydrogen-bond donors (Lipinski definition) is 0. The number of rotatable bonds is 9. The lowest BCUT2D eigenvalue weighted by molar-refractivity contribution is 0.108. The van der Waals surface area contributed by atoms with Crippen LogP contribution in [0.3, 0.4) is 0 Å². The van der Waals surface area contributed by atoms with Crippen molar-refractivity contribution in [3.63, 3.8) is 0 Å². The Morgan fingerprint density at radius 2 is 1.79 bits per heavy atom. The first-order chi connectivity index (χ1) is 9.17. The number of halogens is 1. The average molecular weight is 280 g/mol. The summed E-state index contributed by atoms with van der Waals surface area (Å²) in [7, 11) is 0. The summed E-state index contributed by atoms with van der Waals surface area (Å²) in [6.45, 7) is 10.4. The lowest BCUT2D eigenvalue weighted by atomic mass is 10.2. The van der Waals surface area contributed by atoms with E-state index in [2.05, 4.69) is 18.1 Å². The highest BCUT2D eigenvalue weighted by Crippen LogP contribution is 2.13. The van der Waals surface area contributed by atoms with Crippen molar-refractivity contribution in [3.05, 3.63) is 55.1 Å². The van der Waals surface area contributed by atoms with E-state index >= 15 is 0 Å². The van der Waals surface area contributed by atoms with Gasteiger partial charge in [0.1, 0.15) is 12.4 Å². The van der Waals surface area contributed by atoms with Crippen molar-refractivity contribution in [1.29, 1.82) is 0 Å². The minimum absolute atomic E-state index is 0.463. The van der Waals surface area contributed by atoms with E-state index in [1.165, 1.54) is 0 Å². The van der Waals surface area contributed by atoms with Crippen LogP contribution >= 0.6 is 11.6 Å². The Kier molecular flexibility index (Phi) is 6.93. The van der Waals surface area contributed by atoms with Crippen molar-refractivity contribution < 1.29 is 9.53 Å². The monoisotopic (exact) mass is 279 g/mol. The van der Waals surface area contributed by atoms with Gasteiger partial charge in [0.05, 0.1) is 0 Å². The molecule has 1 aromatic rings. The molecule has 0 saturated heterocycles. The number of nitrogens with zero attached hydrogens (tertiary/aromatic N) is 1. The average Bonchev–Trinajstić information content (AvgIpc) is 2.40. The summed E-state index contributed by atoms with van der Waals surface area (Å²) in [5.74, 6) is 0.721. The van der Waals surface area contributed by atoms with Crippen LogP contribution in [-0.4, -0.2) is 36.4 Å². The fraction of sp³-hybridized carbons (Fsp3) is 0.267. The Hall–Kier alpha value is -1.58. The van der Waals surface area contributed by atoms with E-state index in [1.54, 1.807) is 24.3 Å². The molecule has 0 aliphatic heterocycles. The van der Waals surface area contributed by atoms with Crippen LogP contribution in [0.4, 0.5) is 0 Å². The maximum atomic E-state index is 10.9. The highest BCUT2D eigenvalue weighted by molar-refractivity contribution is 6.67. The molecule has 0 bridgehead atoms. The smallest absolute Gasteiger partial charge is 0.252 e. The Morgan fingerprint density at radius 1 is 1.21 bits per heavy atom. The normalized spacial score (nSPS) is 10.2. The number of hydrogen-bond acceptors (Lipinski definition) is 3. The standard InChI is InChI=1S/C15H18ClNO2/c1-3-9-17(10-4-2)11-12-19-14-7-5-13(6-8-14)15(16)18/h3-8H,1-2,9-12H2. The van der Waals surface area contributed by atoms with E-state index in [4.69, 9.17) is 16.3 Å². The van der Waals surface area contributed by atoms with E-state index in [0.29, 0.717) is 12.2 Å². The van der Waals surface area contributed by atoms with Crippen molar-refractivity contribution in [2.24, 2.45) is 0 Å². The summed E-state index contributed by atoms with van der Waals surface area (Å²) in [5.41, 5.74) is 0.467. The maximum absolute atomic E-state index is 10.9. The van der Waals surface area contributed by atoms with Crippen LogP contribution in [0.15, 0.2) is 49.6 Å². The van der Waals surface area contributed by atoms with Gasteiger partial charge >= 0.3 is 0 Å². The molecule has 0 aliphatic rings. The Balaban J connectivity index is 2.41. The highest BCUT2D eigenvalue weighted by atomic mass is 35.5. The maximum Gasteiger partial charge on any atom is 0.252 e. The summed E-state index contributed by atoms with van der Waals surface area (Å²) in [6, 6.07) is 6.77. The molecule has 1 aromatic carbocycles. The number of benzene rings is 1. The second-order valence-electron chi connectivity index (χ2n) is 3.98. The summed E-state index contributed by atoms with van der Waals surface area (Å²) in [5, 5.41) is -0.463. The molecule has 1 rings (SSSR count). The van der Waals surface area contributed by atoms with Crippen LogP contribution in [0.25, 0.3) is 0 Å². The molecule has 0 heterocycles. The van der Waals surface area contributed by atoms with E-state index in [1.807, 2.05) is 12.2 Å². The lowest BCUT2D eigenvalue weighted by Gasteiger charge is -2.18. The van der Waals surface area contributed by atoms with E-state index in [-0.39, 0.29) is 0 Å². The fourth-order valence-electron chi connectivity index (χ4n) is 1.60. The largest absolute Gasteiger partial charge is 0.492 e. The molecule has 0 amide bonds. The van der Waals surface area contributed by atoms with Gasteiger partial charge in [0.25, 0.3) is 5.24 Å². The zero-order chi connectivity index (χ0) is 14.1. The Morgan fingerprint density at radius 3 is 2.26 bits per heavy atom. The molecule has 0 spiro atoms. The molecule has 0 saturated carbocycles. The first kappa shape index (κ1) is 15.5. The van der Waals surface area contributed by atoms with Gasteiger partial charge in [-0.05, 0) is 35.9 Å². The number of carbonyl (C=O) groups excluding carboxylic acids is 1. The third-order valence-electron chi connectivity index (χ3n) is 2.53. The zero-order valence-corrected chi connectivity index (χ0v) is 11.6. The first-order valence-corrected chi connectivity index (χ1v) is 6.42. The van der Waals surface area contributed by atoms with Gasteiger partial charge in [0, 0.05) is 25.2 Å². The molecule has 0 N–H and O–H groups in total. The fourth-order valence-corrected chi connectivity index (χ4v) is 1.72. The van der Waals surface area contributed by atoms with Gasteiger partial charge in [-0.3, -0.25) is 9.69 Å². The molecule has 4 heteroatoms. The number of carbonyl (C=O) groups is 1. The summed E-state index contributed by atoms with van der Waals surface area (Å²) >= 11 is 5.37. The van der Waals surface area contributed by atoms with E-state index < -0.39 is 5.24 Å². The summed E-state index contributed by atoms with van der Waals surface area (Å²) < 4.78 is 5.60. The second kappa shape index (κ2) is 8.51. The Labute approximate surface area is 119 Å². The van der Waals surface area contributed by atoms with Crippen LogP contribution in [0.2, 0.25) is 0 Å². The van der Waals surface area contributed by atoms with Gasteiger partial charge in [0.15, 0.2) is 0 Å². The molecule has 0 atom stereocenters. The van der Waals surface area contributed by atoms with Gasteiger partial charge in [-0.2, -0.15) is 0 Å². The molecule has 102 valence electrons. The molecule has 3 nitrogen and oxygen atoms in total. The highest BCUT2D eigenvalue weighted by Gasteiger charge is 2.03. The molecule has 0 fully saturated rings. The van der Waals surface area contributed by atoms with Gasteiger partial charge in [-0.1, -0.05) is 12.2 Å². The molecule has 0 unspecified atom stereocenters. The van der Waals surface area contributed by atoms with Gasteiger partial charge in [0.2, 0.25) is 0 Å². The third-order valence-corrected chi connectivity index (χ3v) is 2.75. The van der Waals surface area contributed by atoms with Gasteiger partial charge in [-0.15, -0.1) is 13.2 Å². The second-order valence-corrected chi connectivity index (χ2v) is 4.33. The molecule has 19 heavy (non-hydrogen) atoms. The Bertz CT molecular complexity index is 418. The summed E-state index contributed by atoms with van der Waals surface area (Å²) in [4.78, 5) is 13.1. The SMILES string of the molecule is C=CCN(CC=C)CCOc1ccc(C(=O)Cl)cc1. The quantitative estimate of drug-likeness (QED) is 0.514. The topological polar surface area (TPSA) is 29.5 Å². The summed E-state index contributed by atoms with van der Waals surface area (Å²) in [6.07, 6.45) is 3.70. The van der Waals surface area contributed by atoms with Crippen LogP contribution < -0.4 is 4.74 Å². The van der Waals surface area contributed by atoms with Crippen molar-refractivity contribution in [3.8, 4) is 5.75 Å². The predicted molar refractivity (Wildman–Crippen MR) is 79.0 cm³/mol. The minimum atomic E-state index is -0.463. The van der Waals surface area contributed by atoms with Crippen molar-refractivity contribution in [2.45, 2.75) is 0 Å². The van der Waals surface area contributed by atoms with E-state index in [0.717, 1.165) is 25.4 Å². The molecule has 0 radical (unpaired) electrons. The molecular weight excluding hydrogens is 262 g/mol.